The highest BCUT2D eigenvalue weighted by Gasteiger charge is 2.25. The normalized spacial score (nSPS) is 14.4. The summed E-state index contributed by atoms with van der Waals surface area (Å²) in [4.78, 5) is 27.4. The molecule has 1 aromatic rings. The Balaban J connectivity index is 2.11. The predicted octanol–water partition coefficient (Wildman–Crippen LogP) is 1.16. The number of hydrogen-bond donors (Lipinski definition) is 1. The minimum Gasteiger partial charge on any atom is -0.369 e. The molecule has 1 aromatic carbocycles. The molecule has 2 N–H and O–H groups in total. The number of benzene rings is 1. The topological polar surface area (TPSA) is 66.6 Å². The van der Waals surface area contributed by atoms with E-state index in [9.17, 15) is 9.59 Å². The van der Waals surface area contributed by atoms with E-state index in [0.29, 0.717) is 0 Å². The molecule has 2 amide bonds. The number of rotatable bonds is 5. The van der Waals surface area contributed by atoms with Crippen molar-refractivity contribution in [3.8, 4) is 0 Å². The van der Waals surface area contributed by atoms with Gasteiger partial charge in [0.1, 0.15) is 0 Å². The second-order valence-electron chi connectivity index (χ2n) is 5.74. The van der Waals surface area contributed by atoms with Crippen LogP contribution in [0.4, 0.5) is 5.69 Å². The van der Waals surface area contributed by atoms with E-state index in [-0.39, 0.29) is 25.0 Å². The number of nitrogens with zero attached hydrogens (tertiary/aromatic N) is 2. The summed E-state index contributed by atoms with van der Waals surface area (Å²) in [6.45, 7) is 4.98. The number of fused-ring (bicyclic) bond motifs is 1. The predicted molar refractivity (Wildman–Crippen MR) is 83.0 cm³/mol. The van der Waals surface area contributed by atoms with Crippen LogP contribution in [0.3, 0.4) is 0 Å². The third-order valence-corrected chi connectivity index (χ3v) is 3.84. The summed E-state index contributed by atoms with van der Waals surface area (Å²) in [5.74, 6) is -0.382. The second-order valence-corrected chi connectivity index (χ2v) is 5.74. The van der Waals surface area contributed by atoms with E-state index in [1.807, 2.05) is 41.8 Å². The quantitative estimate of drug-likeness (QED) is 0.884. The average Bonchev–Trinajstić information content (AvgIpc) is 2.45. The lowest BCUT2D eigenvalue weighted by molar-refractivity contribution is -0.123. The molecule has 0 atom stereocenters. The Kier molecular flexibility index (Phi) is 4.96. The van der Waals surface area contributed by atoms with Crippen molar-refractivity contribution in [3.63, 3.8) is 0 Å². The van der Waals surface area contributed by atoms with Gasteiger partial charge >= 0.3 is 0 Å². The van der Waals surface area contributed by atoms with Crippen LogP contribution in [0.2, 0.25) is 0 Å². The SMILES string of the molecule is CC(C)N(CC(N)=O)CC(=O)N1CCCc2ccccc21. The zero-order valence-corrected chi connectivity index (χ0v) is 12.7. The monoisotopic (exact) mass is 289 g/mol. The van der Waals surface area contributed by atoms with Gasteiger partial charge in [0.15, 0.2) is 0 Å². The maximum Gasteiger partial charge on any atom is 0.241 e. The van der Waals surface area contributed by atoms with E-state index in [0.717, 1.165) is 25.1 Å². The highest BCUT2D eigenvalue weighted by atomic mass is 16.2. The van der Waals surface area contributed by atoms with Gasteiger partial charge in [-0.15, -0.1) is 0 Å². The zero-order valence-electron chi connectivity index (χ0n) is 12.7. The Morgan fingerprint density at radius 1 is 1.29 bits per heavy atom. The summed E-state index contributed by atoms with van der Waals surface area (Å²) >= 11 is 0. The number of carbonyl (C=O) groups is 2. The molecule has 1 aliphatic rings. The molecule has 21 heavy (non-hydrogen) atoms. The molecule has 1 heterocycles. The van der Waals surface area contributed by atoms with Gasteiger partial charge in [0.05, 0.1) is 13.1 Å². The van der Waals surface area contributed by atoms with Crippen LogP contribution in [-0.2, 0) is 16.0 Å². The van der Waals surface area contributed by atoms with Crippen LogP contribution in [0.5, 0.6) is 0 Å². The van der Waals surface area contributed by atoms with Crippen molar-refractivity contribution in [2.24, 2.45) is 5.73 Å². The van der Waals surface area contributed by atoms with Crippen molar-refractivity contribution in [1.82, 2.24) is 4.90 Å². The van der Waals surface area contributed by atoms with Gasteiger partial charge in [-0.3, -0.25) is 14.5 Å². The first-order valence-electron chi connectivity index (χ1n) is 7.39. The molecule has 5 nitrogen and oxygen atoms in total. The molecular weight excluding hydrogens is 266 g/mol. The van der Waals surface area contributed by atoms with Crippen molar-refractivity contribution >= 4 is 17.5 Å². The van der Waals surface area contributed by atoms with Crippen LogP contribution in [0, 0.1) is 0 Å². The Hall–Kier alpha value is -1.88. The Morgan fingerprint density at radius 3 is 2.67 bits per heavy atom. The maximum atomic E-state index is 12.6. The first kappa shape index (κ1) is 15.5. The van der Waals surface area contributed by atoms with E-state index in [2.05, 4.69) is 6.07 Å². The van der Waals surface area contributed by atoms with Crippen molar-refractivity contribution in [1.29, 1.82) is 0 Å². The first-order chi connectivity index (χ1) is 9.99. The molecule has 2 rings (SSSR count). The van der Waals surface area contributed by atoms with Gasteiger partial charge in [-0.1, -0.05) is 18.2 Å². The molecule has 0 aliphatic carbocycles. The summed E-state index contributed by atoms with van der Waals surface area (Å²) < 4.78 is 0. The van der Waals surface area contributed by atoms with Gasteiger partial charge in [-0.05, 0) is 38.3 Å². The van der Waals surface area contributed by atoms with Crippen LogP contribution in [0.15, 0.2) is 24.3 Å². The van der Waals surface area contributed by atoms with Crippen LogP contribution >= 0.6 is 0 Å². The second kappa shape index (κ2) is 6.72. The summed E-state index contributed by atoms with van der Waals surface area (Å²) in [5, 5.41) is 0. The number of aryl methyl sites for hydroxylation is 1. The third-order valence-electron chi connectivity index (χ3n) is 3.84. The number of amides is 2. The van der Waals surface area contributed by atoms with Crippen molar-refractivity contribution in [2.75, 3.05) is 24.5 Å². The largest absolute Gasteiger partial charge is 0.369 e. The molecule has 5 heteroatoms. The van der Waals surface area contributed by atoms with E-state index in [1.54, 1.807) is 0 Å². The molecule has 1 aliphatic heterocycles. The lowest BCUT2D eigenvalue weighted by Crippen LogP contribution is -2.47. The van der Waals surface area contributed by atoms with Crippen molar-refractivity contribution < 1.29 is 9.59 Å². The number of para-hydroxylation sites is 1. The Morgan fingerprint density at radius 2 is 2.00 bits per heavy atom. The maximum absolute atomic E-state index is 12.6. The summed E-state index contributed by atoms with van der Waals surface area (Å²) in [6.07, 6.45) is 1.98. The van der Waals surface area contributed by atoms with E-state index < -0.39 is 5.91 Å². The van der Waals surface area contributed by atoms with E-state index in [1.165, 1.54) is 5.56 Å². The van der Waals surface area contributed by atoms with Gasteiger partial charge in [-0.25, -0.2) is 0 Å². The van der Waals surface area contributed by atoms with Crippen LogP contribution in [0.25, 0.3) is 0 Å². The molecule has 0 bridgehead atoms. The molecule has 0 aromatic heterocycles. The highest BCUT2D eigenvalue weighted by Crippen LogP contribution is 2.26. The highest BCUT2D eigenvalue weighted by molar-refractivity contribution is 5.96. The Labute approximate surface area is 125 Å². The molecular formula is C16H23N3O2. The molecule has 0 saturated carbocycles. The molecule has 114 valence electrons. The fourth-order valence-electron chi connectivity index (χ4n) is 2.67. The van der Waals surface area contributed by atoms with Gasteiger partial charge in [0.2, 0.25) is 11.8 Å². The van der Waals surface area contributed by atoms with E-state index >= 15 is 0 Å². The van der Waals surface area contributed by atoms with Gasteiger partial charge < -0.3 is 10.6 Å². The molecule has 0 fully saturated rings. The molecule has 0 saturated heterocycles. The summed E-state index contributed by atoms with van der Waals surface area (Å²) in [6, 6.07) is 8.11. The Bertz CT molecular complexity index is 528. The lowest BCUT2D eigenvalue weighted by atomic mass is 10.0. The van der Waals surface area contributed by atoms with Gasteiger partial charge in [0.25, 0.3) is 0 Å². The number of nitrogens with two attached hydrogens (primary N) is 1. The first-order valence-corrected chi connectivity index (χ1v) is 7.39. The summed E-state index contributed by atoms with van der Waals surface area (Å²) in [5.41, 5.74) is 7.46. The zero-order chi connectivity index (χ0) is 15.4. The van der Waals surface area contributed by atoms with E-state index in [4.69, 9.17) is 5.73 Å². The standard InChI is InChI=1S/C16H23N3O2/c1-12(2)18(10-15(17)20)11-16(21)19-9-5-7-13-6-3-4-8-14(13)19/h3-4,6,8,12H,5,7,9-11H2,1-2H3,(H2,17,20). The average molecular weight is 289 g/mol. The van der Waals surface area contributed by atoms with Crippen molar-refractivity contribution in [3.05, 3.63) is 29.8 Å². The fraction of sp³-hybridized carbons (Fsp3) is 0.500. The molecule has 0 radical (unpaired) electrons. The third kappa shape index (κ3) is 3.82. The minimum atomic E-state index is -0.407. The number of primary amides is 1. The van der Waals surface area contributed by atoms with Gasteiger partial charge in [0, 0.05) is 18.3 Å². The molecule has 0 unspecified atom stereocenters. The summed E-state index contributed by atoms with van der Waals surface area (Å²) in [7, 11) is 0. The lowest BCUT2D eigenvalue weighted by Gasteiger charge is -2.32. The number of anilines is 1. The number of hydrogen-bond acceptors (Lipinski definition) is 3. The van der Waals surface area contributed by atoms with Gasteiger partial charge in [-0.2, -0.15) is 0 Å². The van der Waals surface area contributed by atoms with Crippen molar-refractivity contribution in [2.45, 2.75) is 32.7 Å². The van der Waals surface area contributed by atoms with Crippen LogP contribution in [-0.4, -0.2) is 42.4 Å². The van der Waals surface area contributed by atoms with Crippen LogP contribution < -0.4 is 10.6 Å². The van der Waals surface area contributed by atoms with Crippen LogP contribution in [0.1, 0.15) is 25.8 Å². The fourth-order valence-corrected chi connectivity index (χ4v) is 2.67. The molecule has 0 spiro atoms. The smallest absolute Gasteiger partial charge is 0.241 e. The minimum absolute atomic E-state index is 0.0251. The number of carbonyl (C=O) groups excluding carboxylic acids is 2.